The van der Waals surface area contributed by atoms with Crippen molar-refractivity contribution in [3.8, 4) is 0 Å². The SMILES string of the molecule is COCOC[C@H]1O[C@H]2n3c(c(C)c(=O)[nH]c3=O)N[C@]23OC(C)(C)O[C@H]13. The summed E-state index contributed by atoms with van der Waals surface area (Å²) in [7, 11) is 1.53. The molecule has 4 heterocycles. The molecule has 4 rings (SSSR count). The number of nitrogens with one attached hydrogen (secondary N) is 2. The lowest BCUT2D eigenvalue weighted by Gasteiger charge is -2.26. The molecule has 2 fully saturated rings. The summed E-state index contributed by atoms with van der Waals surface area (Å²) in [5.41, 5.74) is -1.74. The summed E-state index contributed by atoms with van der Waals surface area (Å²) in [6, 6.07) is 0. The van der Waals surface area contributed by atoms with Gasteiger partial charge in [0.2, 0.25) is 5.72 Å². The predicted octanol–water partition coefficient (Wildman–Crippen LogP) is -0.364. The van der Waals surface area contributed by atoms with Gasteiger partial charge in [-0.3, -0.25) is 9.78 Å². The zero-order chi connectivity index (χ0) is 18.0. The number of aromatic amines is 1. The number of hydrogen-bond donors (Lipinski definition) is 2. The van der Waals surface area contributed by atoms with Crippen molar-refractivity contribution < 1.29 is 23.7 Å². The number of anilines is 1. The molecular formula is C15H21N3O7. The minimum Gasteiger partial charge on any atom is -0.359 e. The van der Waals surface area contributed by atoms with Crippen molar-refractivity contribution in [1.82, 2.24) is 9.55 Å². The molecule has 10 nitrogen and oxygen atoms in total. The van der Waals surface area contributed by atoms with Crippen LogP contribution in [0.25, 0.3) is 0 Å². The Bertz CT molecular complexity index is 816. The monoisotopic (exact) mass is 355 g/mol. The number of rotatable bonds is 4. The molecule has 0 amide bonds. The molecule has 3 aliphatic rings. The maximum Gasteiger partial charge on any atom is 0.332 e. The standard InChI is InChI=1S/C15H21N3O7/c1-7-10-17-15-9(24-14(2,3)25-15)8(5-22-6-21-4)23-12(15)18(10)13(20)16-11(7)19/h8-9,12,17H,5-6H2,1-4H3,(H,16,19,20)/t8-,9-,12-,15-/m1/s1. The van der Waals surface area contributed by atoms with Crippen LogP contribution in [0, 0.1) is 6.92 Å². The molecule has 2 N–H and O–H groups in total. The van der Waals surface area contributed by atoms with E-state index in [0.717, 1.165) is 0 Å². The van der Waals surface area contributed by atoms with E-state index in [0.29, 0.717) is 11.4 Å². The Kier molecular flexibility index (Phi) is 3.61. The first kappa shape index (κ1) is 16.7. The van der Waals surface area contributed by atoms with Crippen molar-refractivity contribution in [2.45, 2.75) is 50.7 Å². The van der Waals surface area contributed by atoms with Crippen molar-refractivity contribution >= 4 is 5.82 Å². The van der Waals surface area contributed by atoms with Crippen LogP contribution < -0.4 is 16.6 Å². The van der Waals surface area contributed by atoms with E-state index in [9.17, 15) is 9.59 Å². The third kappa shape index (κ3) is 2.29. The zero-order valence-corrected chi connectivity index (χ0v) is 14.5. The molecule has 2 saturated heterocycles. The Hall–Kier alpha value is -1.72. The van der Waals surface area contributed by atoms with Gasteiger partial charge in [-0.2, -0.15) is 0 Å². The van der Waals surface area contributed by atoms with Crippen molar-refractivity contribution in [1.29, 1.82) is 0 Å². The van der Waals surface area contributed by atoms with E-state index in [1.54, 1.807) is 20.8 Å². The molecule has 1 aromatic heterocycles. The van der Waals surface area contributed by atoms with Crippen LogP contribution >= 0.6 is 0 Å². The molecule has 0 aromatic carbocycles. The molecule has 1 spiro atoms. The van der Waals surface area contributed by atoms with Crippen LogP contribution in [0.15, 0.2) is 9.59 Å². The molecule has 1 aromatic rings. The summed E-state index contributed by atoms with van der Waals surface area (Å²) in [4.78, 5) is 26.6. The minimum atomic E-state index is -1.11. The molecule has 0 unspecified atom stereocenters. The number of H-pyrrole nitrogens is 1. The molecule has 138 valence electrons. The maximum absolute atomic E-state index is 12.4. The highest BCUT2D eigenvalue weighted by atomic mass is 16.8. The fraction of sp³-hybridized carbons (Fsp3) is 0.733. The first-order chi connectivity index (χ1) is 11.8. The van der Waals surface area contributed by atoms with Crippen LogP contribution in [0.2, 0.25) is 0 Å². The normalized spacial score (nSPS) is 34.5. The molecular weight excluding hydrogens is 334 g/mol. The summed E-state index contributed by atoms with van der Waals surface area (Å²) < 4.78 is 29.9. The van der Waals surface area contributed by atoms with Gasteiger partial charge in [0.15, 0.2) is 12.0 Å². The highest BCUT2D eigenvalue weighted by Crippen LogP contribution is 2.54. The summed E-state index contributed by atoms with van der Waals surface area (Å²) in [5.74, 6) is -0.510. The Morgan fingerprint density at radius 1 is 1.32 bits per heavy atom. The molecule has 4 atom stereocenters. The van der Waals surface area contributed by atoms with E-state index < -0.39 is 41.2 Å². The molecule has 0 radical (unpaired) electrons. The van der Waals surface area contributed by atoms with Crippen LogP contribution in [0.4, 0.5) is 5.82 Å². The molecule has 3 aliphatic heterocycles. The van der Waals surface area contributed by atoms with Gasteiger partial charge in [0.25, 0.3) is 5.56 Å². The lowest BCUT2D eigenvalue weighted by atomic mass is 10.1. The Morgan fingerprint density at radius 3 is 2.80 bits per heavy atom. The highest BCUT2D eigenvalue weighted by Gasteiger charge is 2.70. The van der Waals surface area contributed by atoms with E-state index >= 15 is 0 Å². The van der Waals surface area contributed by atoms with Crippen LogP contribution in [0.3, 0.4) is 0 Å². The zero-order valence-electron chi connectivity index (χ0n) is 14.5. The molecule has 0 saturated carbocycles. The van der Waals surface area contributed by atoms with Crippen LogP contribution in [-0.4, -0.2) is 53.8 Å². The van der Waals surface area contributed by atoms with Gasteiger partial charge >= 0.3 is 5.69 Å². The van der Waals surface area contributed by atoms with Gasteiger partial charge in [0, 0.05) is 7.11 Å². The smallest absolute Gasteiger partial charge is 0.332 e. The topological polar surface area (TPSA) is 113 Å². The van der Waals surface area contributed by atoms with Gasteiger partial charge in [0.05, 0.1) is 12.2 Å². The van der Waals surface area contributed by atoms with Crippen molar-refractivity contribution in [3.63, 3.8) is 0 Å². The summed E-state index contributed by atoms with van der Waals surface area (Å²) in [5, 5.41) is 3.18. The van der Waals surface area contributed by atoms with Gasteiger partial charge in [0.1, 0.15) is 24.8 Å². The average Bonchev–Trinajstić information content (AvgIpc) is 3.07. The van der Waals surface area contributed by atoms with Crippen LogP contribution in [-0.2, 0) is 23.7 Å². The predicted molar refractivity (Wildman–Crippen MR) is 84.2 cm³/mol. The lowest BCUT2D eigenvalue weighted by molar-refractivity contribution is -0.215. The van der Waals surface area contributed by atoms with Crippen molar-refractivity contribution in [2.75, 3.05) is 25.8 Å². The largest absolute Gasteiger partial charge is 0.359 e. The number of fused-ring (bicyclic) bond motifs is 2. The second-order valence-corrected chi connectivity index (χ2v) is 6.87. The summed E-state index contributed by atoms with van der Waals surface area (Å²) in [6.45, 7) is 5.53. The Labute approximate surface area is 143 Å². The first-order valence-corrected chi connectivity index (χ1v) is 8.03. The van der Waals surface area contributed by atoms with Crippen LogP contribution in [0.1, 0.15) is 25.6 Å². The fourth-order valence-electron chi connectivity index (χ4n) is 3.75. The van der Waals surface area contributed by atoms with Gasteiger partial charge in [-0.1, -0.05) is 0 Å². The molecule has 0 aliphatic carbocycles. The van der Waals surface area contributed by atoms with Gasteiger partial charge in [-0.05, 0) is 20.8 Å². The highest BCUT2D eigenvalue weighted by molar-refractivity contribution is 5.51. The Balaban J connectivity index is 1.77. The van der Waals surface area contributed by atoms with E-state index in [2.05, 4.69) is 10.3 Å². The number of hydrogen-bond acceptors (Lipinski definition) is 8. The Morgan fingerprint density at radius 2 is 2.08 bits per heavy atom. The summed E-state index contributed by atoms with van der Waals surface area (Å²) in [6.07, 6.45) is -1.78. The second kappa shape index (κ2) is 5.39. The van der Waals surface area contributed by atoms with Crippen molar-refractivity contribution in [3.05, 3.63) is 26.4 Å². The first-order valence-electron chi connectivity index (χ1n) is 8.03. The van der Waals surface area contributed by atoms with E-state index in [4.69, 9.17) is 23.7 Å². The second-order valence-electron chi connectivity index (χ2n) is 6.87. The van der Waals surface area contributed by atoms with E-state index in [1.165, 1.54) is 11.7 Å². The average molecular weight is 355 g/mol. The lowest BCUT2D eigenvalue weighted by Crippen LogP contribution is -2.48. The van der Waals surface area contributed by atoms with Gasteiger partial charge in [-0.25, -0.2) is 9.36 Å². The minimum absolute atomic E-state index is 0.116. The fourth-order valence-corrected chi connectivity index (χ4v) is 3.75. The van der Waals surface area contributed by atoms with E-state index in [-0.39, 0.29) is 13.4 Å². The van der Waals surface area contributed by atoms with E-state index in [1.807, 2.05) is 0 Å². The van der Waals surface area contributed by atoms with Gasteiger partial charge in [-0.15, -0.1) is 0 Å². The van der Waals surface area contributed by atoms with Crippen LogP contribution in [0.5, 0.6) is 0 Å². The summed E-state index contributed by atoms with van der Waals surface area (Å²) >= 11 is 0. The third-order valence-corrected chi connectivity index (χ3v) is 4.66. The molecule has 0 bridgehead atoms. The number of methoxy groups -OCH3 is 1. The van der Waals surface area contributed by atoms with Crippen molar-refractivity contribution in [2.24, 2.45) is 0 Å². The number of ether oxygens (including phenoxy) is 5. The molecule has 25 heavy (non-hydrogen) atoms. The van der Waals surface area contributed by atoms with Gasteiger partial charge < -0.3 is 29.0 Å². The quantitative estimate of drug-likeness (QED) is 0.556. The number of aromatic nitrogens is 2. The molecule has 10 heteroatoms. The third-order valence-electron chi connectivity index (χ3n) is 4.66. The number of nitrogens with zero attached hydrogens (tertiary/aromatic N) is 1. The maximum atomic E-state index is 12.4.